The van der Waals surface area contributed by atoms with E-state index in [9.17, 15) is 5.11 Å². The van der Waals surface area contributed by atoms with Crippen molar-refractivity contribution in [2.45, 2.75) is 59.0 Å². The van der Waals surface area contributed by atoms with Gasteiger partial charge < -0.3 is 9.84 Å². The van der Waals surface area contributed by atoms with Gasteiger partial charge in [-0.15, -0.1) is 0 Å². The van der Waals surface area contributed by atoms with Gasteiger partial charge in [0.2, 0.25) is 0 Å². The molecular weight excluding hydrogens is 248 g/mol. The van der Waals surface area contributed by atoms with Crippen molar-refractivity contribution in [2.75, 3.05) is 7.11 Å². The van der Waals surface area contributed by atoms with Gasteiger partial charge in [0.1, 0.15) is 5.75 Å². The van der Waals surface area contributed by atoms with Gasteiger partial charge in [-0.3, -0.25) is 0 Å². The van der Waals surface area contributed by atoms with E-state index in [2.05, 4.69) is 20.8 Å². The van der Waals surface area contributed by atoms with E-state index in [1.165, 1.54) is 12.8 Å². The number of rotatable bonds is 5. The predicted molar refractivity (Wildman–Crippen MR) is 83.0 cm³/mol. The predicted octanol–water partition coefficient (Wildman–Crippen LogP) is 4.64. The minimum absolute atomic E-state index is 0.0769. The number of aryl methyl sites for hydroxylation is 1. The topological polar surface area (TPSA) is 29.5 Å². The molecule has 112 valence electrons. The first-order valence-corrected chi connectivity index (χ1v) is 7.81. The van der Waals surface area contributed by atoms with Crippen LogP contribution >= 0.6 is 0 Å². The van der Waals surface area contributed by atoms with Gasteiger partial charge in [-0.1, -0.05) is 32.8 Å². The Morgan fingerprint density at radius 2 is 1.90 bits per heavy atom. The van der Waals surface area contributed by atoms with E-state index in [-0.39, 0.29) is 11.5 Å². The molecule has 1 aliphatic rings. The Bertz CT molecular complexity index is 445. The van der Waals surface area contributed by atoms with Crippen LogP contribution in [0.2, 0.25) is 0 Å². The zero-order valence-electron chi connectivity index (χ0n) is 13.3. The monoisotopic (exact) mass is 276 g/mol. The number of hydrogen-bond acceptors (Lipinski definition) is 2. The first-order valence-electron chi connectivity index (χ1n) is 7.81. The Balaban J connectivity index is 2.30. The maximum Gasteiger partial charge on any atom is 0.119 e. The van der Waals surface area contributed by atoms with Crippen LogP contribution in [0, 0.1) is 18.3 Å². The molecule has 1 atom stereocenters. The van der Waals surface area contributed by atoms with E-state index in [1.807, 2.05) is 18.2 Å². The summed E-state index contributed by atoms with van der Waals surface area (Å²) >= 11 is 0. The maximum atomic E-state index is 11.0. The Morgan fingerprint density at radius 3 is 2.40 bits per heavy atom. The molecule has 2 nitrogen and oxygen atoms in total. The van der Waals surface area contributed by atoms with E-state index in [4.69, 9.17) is 4.74 Å². The highest BCUT2D eigenvalue weighted by molar-refractivity contribution is 5.37. The number of aliphatic hydroxyl groups is 1. The molecule has 1 fully saturated rings. The molecule has 1 aliphatic carbocycles. The van der Waals surface area contributed by atoms with Crippen LogP contribution in [-0.4, -0.2) is 12.2 Å². The second kappa shape index (κ2) is 6.17. The summed E-state index contributed by atoms with van der Waals surface area (Å²) in [6, 6.07) is 6.03. The van der Waals surface area contributed by atoms with Gasteiger partial charge in [0.15, 0.2) is 0 Å². The van der Waals surface area contributed by atoms with Crippen LogP contribution in [0.4, 0.5) is 0 Å². The first kappa shape index (κ1) is 15.4. The number of ether oxygens (including phenoxy) is 1. The van der Waals surface area contributed by atoms with E-state index < -0.39 is 0 Å². The van der Waals surface area contributed by atoms with Crippen LogP contribution in [0.15, 0.2) is 18.2 Å². The van der Waals surface area contributed by atoms with Gasteiger partial charge in [0.05, 0.1) is 13.2 Å². The van der Waals surface area contributed by atoms with E-state index in [1.54, 1.807) is 7.11 Å². The minimum atomic E-state index is -0.349. The normalized spacial score (nSPS) is 19.3. The fraction of sp³-hybridized carbons (Fsp3) is 0.667. The fourth-order valence-electron chi connectivity index (χ4n) is 3.89. The molecule has 0 spiro atoms. The summed E-state index contributed by atoms with van der Waals surface area (Å²) in [6.45, 7) is 6.58. The third kappa shape index (κ3) is 3.01. The minimum Gasteiger partial charge on any atom is -0.497 e. The third-order valence-corrected chi connectivity index (χ3v) is 4.77. The van der Waals surface area contributed by atoms with Crippen molar-refractivity contribution >= 4 is 0 Å². The van der Waals surface area contributed by atoms with Crippen molar-refractivity contribution in [1.82, 2.24) is 0 Å². The van der Waals surface area contributed by atoms with Crippen LogP contribution in [-0.2, 0) is 0 Å². The molecule has 2 heteroatoms. The van der Waals surface area contributed by atoms with E-state index >= 15 is 0 Å². The summed E-state index contributed by atoms with van der Waals surface area (Å²) in [5, 5.41) is 11.0. The SMILES string of the molecule is COc1ccc(C(O)C2(CC(C)C)CCCC2)c(C)c1. The summed E-state index contributed by atoms with van der Waals surface area (Å²) in [5.41, 5.74) is 2.29. The van der Waals surface area contributed by atoms with Crippen molar-refractivity contribution in [3.05, 3.63) is 29.3 Å². The van der Waals surface area contributed by atoms with Gasteiger partial charge in [0.25, 0.3) is 0 Å². The lowest BCUT2D eigenvalue weighted by atomic mass is 9.71. The largest absolute Gasteiger partial charge is 0.497 e. The van der Waals surface area contributed by atoms with Crippen molar-refractivity contribution < 1.29 is 9.84 Å². The molecule has 1 aromatic carbocycles. The number of hydrogen-bond donors (Lipinski definition) is 1. The Labute approximate surface area is 123 Å². The summed E-state index contributed by atoms with van der Waals surface area (Å²) in [6.07, 6.45) is 5.56. The zero-order chi connectivity index (χ0) is 14.8. The quantitative estimate of drug-likeness (QED) is 0.848. The van der Waals surface area contributed by atoms with Crippen molar-refractivity contribution in [1.29, 1.82) is 0 Å². The van der Waals surface area contributed by atoms with E-state index in [0.29, 0.717) is 5.92 Å². The third-order valence-electron chi connectivity index (χ3n) is 4.77. The average molecular weight is 276 g/mol. The molecular formula is C18H28O2. The Morgan fingerprint density at radius 1 is 1.25 bits per heavy atom. The molecule has 1 aromatic rings. The van der Waals surface area contributed by atoms with Crippen LogP contribution in [0.3, 0.4) is 0 Å². The van der Waals surface area contributed by atoms with Gasteiger partial charge in [-0.05, 0) is 55.4 Å². The molecule has 0 aliphatic heterocycles. The standard InChI is InChI=1S/C18H28O2/c1-13(2)12-18(9-5-6-10-18)17(19)16-8-7-15(20-4)11-14(16)3/h7-8,11,13,17,19H,5-6,9-10,12H2,1-4H3. The van der Waals surface area contributed by atoms with Gasteiger partial charge in [0, 0.05) is 5.41 Å². The molecule has 0 aromatic heterocycles. The van der Waals surface area contributed by atoms with Gasteiger partial charge >= 0.3 is 0 Å². The lowest BCUT2D eigenvalue weighted by molar-refractivity contribution is 0.0107. The molecule has 0 amide bonds. The fourth-order valence-corrected chi connectivity index (χ4v) is 3.89. The molecule has 0 radical (unpaired) electrons. The number of methoxy groups -OCH3 is 1. The highest BCUT2D eigenvalue weighted by atomic mass is 16.5. The maximum absolute atomic E-state index is 11.0. The van der Waals surface area contributed by atoms with Crippen LogP contribution in [0.25, 0.3) is 0 Å². The van der Waals surface area contributed by atoms with Gasteiger partial charge in [-0.25, -0.2) is 0 Å². The highest BCUT2D eigenvalue weighted by Gasteiger charge is 2.41. The molecule has 1 unspecified atom stereocenters. The first-order chi connectivity index (χ1) is 9.48. The Kier molecular flexibility index (Phi) is 4.74. The molecule has 1 saturated carbocycles. The number of aliphatic hydroxyl groups excluding tert-OH is 1. The van der Waals surface area contributed by atoms with E-state index in [0.717, 1.165) is 36.1 Å². The smallest absolute Gasteiger partial charge is 0.119 e. The molecule has 0 bridgehead atoms. The molecule has 20 heavy (non-hydrogen) atoms. The molecule has 1 N–H and O–H groups in total. The summed E-state index contributed by atoms with van der Waals surface area (Å²) in [5.74, 6) is 1.49. The second-order valence-corrected chi connectivity index (χ2v) is 6.79. The second-order valence-electron chi connectivity index (χ2n) is 6.79. The lowest BCUT2D eigenvalue weighted by Gasteiger charge is -2.37. The highest BCUT2D eigenvalue weighted by Crippen LogP contribution is 2.52. The van der Waals surface area contributed by atoms with Crippen LogP contribution < -0.4 is 4.74 Å². The zero-order valence-corrected chi connectivity index (χ0v) is 13.3. The summed E-state index contributed by atoms with van der Waals surface area (Å²) < 4.78 is 5.26. The molecule has 0 heterocycles. The summed E-state index contributed by atoms with van der Waals surface area (Å²) in [7, 11) is 1.68. The van der Waals surface area contributed by atoms with Crippen LogP contribution in [0.5, 0.6) is 5.75 Å². The Hall–Kier alpha value is -1.02. The average Bonchev–Trinajstić information content (AvgIpc) is 2.86. The van der Waals surface area contributed by atoms with Crippen molar-refractivity contribution in [2.24, 2.45) is 11.3 Å². The lowest BCUT2D eigenvalue weighted by Crippen LogP contribution is -2.28. The molecule has 2 rings (SSSR count). The van der Waals surface area contributed by atoms with Crippen molar-refractivity contribution in [3.8, 4) is 5.75 Å². The number of benzene rings is 1. The van der Waals surface area contributed by atoms with Gasteiger partial charge in [-0.2, -0.15) is 0 Å². The molecule has 0 saturated heterocycles. The van der Waals surface area contributed by atoms with Crippen molar-refractivity contribution in [3.63, 3.8) is 0 Å². The summed E-state index contributed by atoms with van der Waals surface area (Å²) in [4.78, 5) is 0. The van der Waals surface area contributed by atoms with Crippen LogP contribution in [0.1, 0.15) is 63.2 Å².